The highest BCUT2D eigenvalue weighted by Crippen LogP contribution is 2.39. The third kappa shape index (κ3) is 3.22. The minimum absolute atomic E-state index is 0.202. The van der Waals surface area contributed by atoms with Crippen LogP contribution in [0.25, 0.3) is 0 Å². The summed E-state index contributed by atoms with van der Waals surface area (Å²) in [7, 11) is 0. The van der Waals surface area contributed by atoms with E-state index in [4.69, 9.17) is 0 Å². The van der Waals surface area contributed by atoms with Crippen molar-refractivity contribution in [3.05, 3.63) is 35.9 Å². The molecule has 2 aliphatic rings. The molecule has 3 rings (SSSR count). The lowest BCUT2D eigenvalue weighted by Crippen LogP contribution is -2.33. The Kier molecular flexibility index (Phi) is 4.11. The van der Waals surface area contributed by atoms with Crippen LogP contribution in [0.5, 0.6) is 0 Å². The fraction of sp³-hybridized carbons (Fsp3) is 0.647. The topological polar surface area (TPSA) is 26.7 Å². The molecule has 0 saturated carbocycles. The summed E-state index contributed by atoms with van der Waals surface area (Å²) in [5, 5.41) is 9.54. The molecule has 2 heterocycles. The van der Waals surface area contributed by atoms with Gasteiger partial charge in [-0.15, -0.1) is 0 Å². The van der Waals surface area contributed by atoms with Crippen molar-refractivity contribution in [2.45, 2.75) is 32.4 Å². The molecule has 0 bridgehead atoms. The molecule has 20 heavy (non-hydrogen) atoms. The Morgan fingerprint density at radius 2 is 1.75 bits per heavy atom. The van der Waals surface area contributed by atoms with Crippen LogP contribution in [0, 0.1) is 5.41 Å². The normalized spacial score (nSPS) is 29.3. The van der Waals surface area contributed by atoms with Gasteiger partial charge in [0.2, 0.25) is 0 Å². The van der Waals surface area contributed by atoms with E-state index in [1.807, 2.05) is 6.92 Å². The summed E-state index contributed by atoms with van der Waals surface area (Å²) in [6.07, 6.45) is 2.41. The Morgan fingerprint density at radius 1 is 1.10 bits per heavy atom. The van der Waals surface area contributed by atoms with Crippen LogP contribution < -0.4 is 0 Å². The minimum atomic E-state index is -0.202. The summed E-state index contributed by atoms with van der Waals surface area (Å²) >= 11 is 0. The first-order valence-corrected chi connectivity index (χ1v) is 7.82. The molecule has 1 unspecified atom stereocenters. The van der Waals surface area contributed by atoms with Gasteiger partial charge in [-0.2, -0.15) is 0 Å². The van der Waals surface area contributed by atoms with E-state index >= 15 is 0 Å². The van der Waals surface area contributed by atoms with Crippen molar-refractivity contribution in [3.63, 3.8) is 0 Å². The number of aliphatic hydroxyl groups is 1. The van der Waals surface area contributed by atoms with Gasteiger partial charge in [-0.3, -0.25) is 4.90 Å². The number of β-amino-alcohol motifs (C(OH)–C–C–N with tert-alkyl or cyclic N) is 1. The number of hydrogen-bond acceptors (Lipinski definition) is 3. The van der Waals surface area contributed by atoms with Crippen molar-refractivity contribution in [1.82, 2.24) is 9.80 Å². The maximum Gasteiger partial charge on any atom is 0.0639 e. The molecule has 0 aliphatic carbocycles. The average Bonchev–Trinajstić information content (AvgIpc) is 2.98. The first kappa shape index (κ1) is 14.1. The standard InChI is InChI=1S/C17H26N2O/c1-15(20)11-18-9-7-17(13-18)8-10-19(14-17)12-16-5-3-2-4-6-16/h2-6,15,20H,7-14H2,1H3/t15-,17?/m0/s1. The maximum atomic E-state index is 9.54. The predicted octanol–water partition coefficient (Wildman–Crippen LogP) is 1.97. The number of rotatable bonds is 4. The van der Waals surface area contributed by atoms with Gasteiger partial charge < -0.3 is 10.0 Å². The molecule has 0 aromatic heterocycles. The van der Waals surface area contributed by atoms with Gasteiger partial charge in [0.05, 0.1) is 6.10 Å². The zero-order valence-corrected chi connectivity index (χ0v) is 12.5. The van der Waals surface area contributed by atoms with E-state index in [9.17, 15) is 5.11 Å². The fourth-order valence-electron chi connectivity index (χ4n) is 3.89. The lowest BCUT2D eigenvalue weighted by molar-refractivity contribution is 0.132. The molecule has 3 nitrogen and oxygen atoms in total. The van der Waals surface area contributed by atoms with Crippen LogP contribution in [-0.4, -0.2) is 53.7 Å². The smallest absolute Gasteiger partial charge is 0.0639 e. The van der Waals surface area contributed by atoms with Crippen LogP contribution in [-0.2, 0) is 6.54 Å². The number of likely N-dealkylation sites (tertiary alicyclic amines) is 2. The molecule has 0 radical (unpaired) electrons. The van der Waals surface area contributed by atoms with E-state index in [0.717, 1.165) is 19.6 Å². The molecule has 2 saturated heterocycles. The monoisotopic (exact) mass is 274 g/mol. The van der Waals surface area contributed by atoms with E-state index in [-0.39, 0.29) is 6.10 Å². The summed E-state index contributed by atoms with van der Waals surface area (Å²) in [5.74, 6) is 0. The Labute approximate surface area is 122 Å². The first-order valence-electron chi connectivity index (χ1n) is 7.82. The molecule has 2 atom stereocenters. The zero-order chi connectivity index (χ0) is 14.0. The summed E-state index contributed by atoms with van der Waals surface area (Å²) < 4.78 is 0. The average molecular weight is 274 g/mol. The summed E-state index contributed by atoms with van der Waals surface area (Å²) in [6.45, 7) is 8.57. The van der Waals surface area contributed by atoms with E-state index in [0.29, 0.717) is 5.41 Å². The molecular weight excluding hydrogens is 248 g/mol. The van der Waals surface area contributed by atoms with Gasteiger partial charge in [0.25, 0.3) is 0 Å². The largest absolute Gasteiger partial charge is 0.392 e. The van der Waals surface area contributed by atoms with E-state index in [1.165, 1.54) is 38.0 Å². The van der Waals surface area contributed by atoms with Gasteiger partial charge in [0, 0.05) is 26.2 Å². The van der Waals surface area contributed by atoms with Crippen LogP contribution in [0.4, 0.5) is 0 Å². The van der Waals surface area contributed by atoms with Crippen molar-refractivity contribution in [2.24, 2.45) is 5.41 Å². The minimum Gasteiger partial charge on any atom is -0.392 e. The second-order valence-electron chi connectivity index (χ2n) is 6.78. The van der Waals surface area contributed by atoms with Gasteiger partial charge in [0.1, 0.15) is 0 Å². The van der Waals surface area contributed by atoms with Crippen LogP contribution in [0.2, 0.25) is 0 Å². The molecular formula is C17H26N2O. The van der Waals surface area contributed by atoms with Gasteiger partial charge in [-0.1, -0.05) is 30.3 Å². The van der Waals surface area contributed by atoms with Gasteiger partial charge in [-0.05, 0) is 43.8 Å². The molecule has 0 amide bonds. The quantitative estimate of drug-likeness (QED) is 0.909. The van der Waals surface area contributed by atoms with Crippen molar-refractivity contribution < 1.29 is 5.11 Å². The van der Waals surface area contributed by atoms with Crippen LogP contribution >= 0.6 is 0 Å². The molecule has 2 fully saturated rings. The van der Waals surface area contributed by atoms with Gasteiger partial charge in [-0.25, -0.2) is 0 Å². The fourth-order valence-corrected chi connectivity index (χ4v) is 3.89. The molecule has 1 aromatic rings. The maximum absolute atomic E-state index is 9.54. The third-order valence-electron chi connectivity index (χ3n) is 4.81. The van der Waals surface area contributed by atoms with Crippen LogP contribution in [0.15, 0.2) is 30.3 Å². The van der Waals surface area contributed by atoms with Crippen LogP contribution in [0.1, 0.15) is 25.3 Å². The molecule has 110 valence electrons. The Balaban J connectivity index is 1.55. The Hall–Kier alpha value is -0.900. The van der Waals surface area contributed by atoms with E-state index in [2.05, 4.69) is 40.1 Å². The zero-order valence-electron chi connectivity index (χ0n) is 12.5. The molecule has 1 aromatic carbocycles. The Bertz CT molecular complexity index is 434. The lowest BCUT2D eigenvalue weighted by Gasteiger charge is -2.25. The molecule has 1 N–H and O–H groups in total. The van der Waals surface area contributed by atoms with Crippen molar-refractivity contribution in [2.75, 3.05) is 32.7 Å². The predicted molar refractivity (Wildman–Crippen MR) is 81.5 cm³/mol. The summed E-state index contributed by atoms with van der Waals surface area (Å²) in [5.41, 5.74) is 1.91. The number of aliphatic hydroxyl groups excluding tert-OH is 1. The number of benzene rings is 1. The second kappa shape index (κ2) is 5.84. The molecule has 3 heteroatoms. The third-order valence-corrected chi connectivity index (χ3v) is 4.81. The number of nitrogens with zero attached hydrogens (tertiary/aromatic N) is 2. The van der Waals surface area contributed by atoms with Gasteiger partial charge >= 0.3 is 0 Å². The van der Waals surface area contributed by atoms with Crippen molar-refractivity contribution >= 4 is 0 Å². The second-order valence-corrected chi connectivity index (χ2v) is 6.78. The van der Waals surface area contributed by atoms with E-state index in [1.54, 1.807) is 0 Å². The lowest BCUT2D eigenvalue weighted by atomic mass is 9.86. The first-order chi connectivity index (χ1) is 9.65. The highest BCUT2D eigenvalue weighted by atomic mass is 16.3. The summed E-state index contributed by atoms with van der Waals surface area (Å²) in [6, 6.07) is 10.8. The Morgan fingerprint density at radius 3 is 2.45 bits per heavy atom. The van der Waals surface area contributed by atoms with E-state index < -0.39 is 0 Å². The summed E-state index contributed by atoms with van der Waals surface area (Å²) in [4.78, 5) is 5.04. The van der Waals surface area contributed by atoms with Gasteiger partial charge in [0.15, 0.2) is 0 Å². The number of hydrogen-bond donors (Lipinski definition) is 1. The highest BCUT2D eigenvalue weighted by molar-refractivity contribution is 5.15. The van der Waals surface area contributed by atoms with Crippen LogP contribution in [0.3, 0.4) is 0 Å². The molecule has 2 aliphatic heterocycles. The highest BCUT2D eigenvalue weighted by Gasteiger charge is 2.43. The van der Waals surface area contributed by atoms with Crippen molar-refractivity contribution in [3.8, 4) is 0 Å². The SMILES string of the molecule is C[C@H](O)CN1CCC2(CCN(Cc3ccccc3)C2)C1. The molecule has 1 spiro atoms. The van der Waals surface area contributed by atoms with Crippen molar-refractivity contribution in [1.29, 1.82) is 0 Å².